The van der Waals surface area contributed by atoms with E-state index in [1.54, 1.807) is 0 Å². The molecular formula is C11H12N6O. The Hall–Kier alpha value is -2.28. The molecule has 0 aromatic carbocycles. The number of hydrogen-bond donors (Lipinski definition) is 1. The fraction of sp³-hybridized carbons (Fsp3) is 0.273. The van der Waals surface area contributed by atoms with E-state index < -0.39 is 0 Å². The second-order valence-electron chi connectivity index (χ2n) is 3.83. The molecule has 0 radical (unpaired) electrons. The normalized spacial score (nSPS) is 11.2. The molecule has 0 saturated heterocycles. The topological polar surface area (TPSA) is 95.1 Å². The molecule has 3 rings (SSSR count). The van der Waals surface area contributed by atoms with Crippen LogP contribution in [0.4, 0.5) is 0 Å². The highest BCUT2D eigenvalue weighted by Crippen LogP contribution is 2.18. The Morgan fingerprint density at radius 3 is 3.00 bits per heavy atom. The van der Waals surface area contributed by atoms with Gasteiger partial charge < -0.3 is 10.3 Å². The highest BCUT2D eigenvalue weighted by molar-refractivity contribution is 5.59. The van der Waals surface area contributed by atoms with E-state index in [0.29, 0.717) is 23.9 Å². The molecule has 18 heavy (non-hydrogen) atoms. The van der Waals surface area contributed by atoms with E-state index in [1.165, 1.54) is 0 Å². The molecule has 3 aromatic heterocycles. The summed E-state index contributed by atoms with van der Waals surface area (Å²) in [5, 5.41) is 11.9. The maximum atomic E-state index is 5.57. The molecule has 0 saturated carbocycles. The molecule has 0 amide bonds. The lowest BCUT2D eigenvalue weighted by Crippen LogP contribution is -2.02. The minimum absolute atomic E-state index is 0.348. The van der Waals surface area contributed by atoms with Gasteiger partial charge in [0.2, 0.25) is 0 Å². The molecule has 0 bridgehead atoms. The number of pyridine rings is 1. The molecule has 7 nitrogen and oxygen atoms in total. The van der Waals surface area contributed by atoms with Crippen LogP contribution in [0.3, 0.4) is 0 Å². The second kappa shape index (κ2) is 4.19. The number of fused-ring (bicyclic) bond motifs is 1. The fourth-order valence-electron chi connectivity index (χ4n) is 1.73. The van der Waals surface area contributed by atoms with Crippen molar-refractivity contribution in [3.05, 3.63) is 30.0 Å². The van der Waals surface area contributed by atoms with Crippen molar-refractivity contribution in [2.45, 2.75) is 19.9 Å². The van der Waals surface area contributed by atoms with Gasteiger partial charge in [0.05, 0.1) is 6.54 Å². The fourth-order valence-corrected chi connectivity index (χ4v) is 1.73. The molecule has 0 aliphatic rings. The quantitative estimate of drug-likeness (QED) is 0.732. The van der Waals surface area contributed by atoms with Crippen LogP contribution >= 0.6 is 0 Å². The van der Waals surface area contributed by atoms with Crippen LogP contribution in [0.15, 0.2) is 22.9 Å². The molecule has 0 spiro atoms. The predicted octanol–water partition coefficient (Wildman–Crippen LogP) is 0.800. The van der Waals surface area contributed by atoms with Gasteiger partial charge in [-0.25, -0.2) is 0 Å². The lowest BCUT2D eigenvalue weighted by atomic mass is 10.2. The van der Waals surface area contributed by atoms with Gasteiger partial charge in [0.1, 0.15) is 0 Å². The Labute approximate surface area is 103 Å². The Morgan fingerprint density at radius 1 is 1.39 bits per heavy atom. The average molecular weight is 244 g/mol. The van der Waals surface area contributed by atoms with Gasteiger partial charge in [-0.3, -0.25) is 4.40 Å². The SMILES string of the molecule is CCc1noc(-c2ccn3c(CN)nnc3c2)n1. The van der Waals surface area contributed by atoms with Crippen LogP contribution in [0, 0.1) is 0 Å². The van der Waals surface area contributed by atoms with Gasteiger partial charge in [0, 0.05) is 18.2 Å². The molecule has 2 N–H and O–H groups in total. The van der Waals surface area contributed by atoms with Gasteiger partial charge in [-0.05, 0) is 12.1 Å². The highest BCUT2D eigenvalue weighted by Gasteiger charge is 2.10. The maximum Gasteiger partial charge on any atom is 0.258 e. The van der Waals surface area contributed by atoms with Crippen molar-refractivity contribution < 1.29 is 4.52 Å². The number of rotatable bonds is 3. The summed E-state index contributed by atoms with van der Waals surface area (Å²) < 4.78 is 7.01. The van der Waals surface area contributed by atoms with Crippen molar-refractivity contribution in [1.29, 1.82) is 0 Å². The third-order valence-electron chi connectivity index (χ3n) is 2.69. The van der Waals surface area contributed by atoms with Crippen LogP contribution in [-0.2, 0) is 13.0 Å². The Balaban J connectivity index is 2.07. The van der Waals surface area contributed by atoms with E-state index in [2.05, 4.69) is 20.3 Å². The van der Waals surface area contributed by atoms with Gasteiger partial charge in [0.25, 0.3) is 5.89 Å². The summed E-state index contributed by atoms with van der Waals surface area (Å²) in [4.78, 5) is 4.27. The third-order valence-corrected chi connectivity index (χ3v) is 2.69. The smallest absolute Gasteiger partial charge is 0.258 e. The minimum Gasteiger partial charge on any atom is -0.334 e. The summed E-state index contributed by atoms with van der Waals surface area (Å²) in [5.74, 6) is 1.90. The highest BCUT2D eigenvalue weighted by atomic mass is 16.5. The first-order chi connectivity index (χ1) is 8.81. The molecule has 92 valence electrons. The Morgan fingerprint density at radius 2 is 2.28 bits per heavy atom. The summed E-state index contributed by atoms with van der Waals surface area (Å²) in [6.45, 7) is 2.32. The van der Waals surface area contributed by atoms with Crippen molar-refractivity contribution in [3.63, 3.8) is 0 Å². The molecule has 3 aromatic rings. The first-order valence-corrected chi connectivity index (χ1v) is 5.68. The summed E-state index contributed by atoms with van der Waals surface area (Å²) in [7, 11) is 0. The van der Waals surface area contributed by atoms with E-state index >= 15 is 0 Å². The molecule has 0 atom stereocenters. The van der Waals surface area contributed by atoms with Crippen LogP contribution in [0.2, 0.25) is 0 Å². The van der Waals surface area contributed by atoms with Crippen LogP contribution in [0.5, 0.6) is 0 Å². The van der Waals surface area contributed by atoms with Crippen LogP contribution < -0.4 is 5.73 Å². The standard InChI is InChI=1S/C11H12N6O/c1-2-8-13-11(18-16-8)7-3-4-17-9(5-7)14-15-10(17)6-12/h3-5H,2,6,12H2,1H3. The van der Waals surface area contributed by atoms with Crippen LogP contribution in [0.1, 0.15) is 18.6 Å². The van der Waals surface area contributed by atoms with E-state index in [-0.39, 0.29) is 0 Å². The van der Waals surface area contributed by atoms with Gasteiger partial charge in [-0.15, -0.1) is 10.2 Å². The second-order valence-corrected chi connectivity index (χ2v) is 3.83. The maximum absolute atomic E-state index is 5.57. The Bertz CT molecular complexity index is 686. The minimum atomic E-state index is 0.348. The zero-order chi connectivity index (χ0) is 12.5. The molecular weight excluding hydrogens is 232 g/mol. The molecule has 0 unspecified atom stereocenters. The molecule has 0 aliphatic heterocycles. The number of aromatic nitrogens is 5. The summed E-state index contributed by atoms with van der Waals surface area (Å²) in [6.07, 6.45) is 2.59. The molecule has 7 heteroatoms. The largest absolute Gasteiger partial charge is 0.334 e. The first-order valence-electron chi connectivity index (χ1n) is 5.68. The summed E-state index contributed by atoms with van der Waals surface area (Å²) in [5.41, 5.74) is 7.10. The van der Waals surface area contributed by atoms with E-state index in [9.17, 15) is 0 Å². The van der Waals surface area contributed by atoms with Crippen molar-refractivity contribution in [2.75, 3.05) is 0 Å². The number of nitrogens with zero attached hydrogens (tertiary/aromatic N) is 5. The van der Waals surface area contributed by atoms with Gasteiger partial charge in [-0.1, -0.05) is 12.1 Å². The lowest BCUT2D eigenvalue weighted by molar-refractivity contribution is 0.423. The molecule has 0 fully saturated rings. The Kier molecular flexibility index (Phi) is 2.52. The number of nitrogens with two attached hydrogens (primary N) is 1. The van der Waals surface area contributed by atoms with Gasteiger partial charge in [-0.2, -0.15) is 4.98 Å². The number of hydrogen-bond acceptors (Lipinski definition) is 6. The third kappa shape index (κ3) is 1.65. The number of aryl methyl sites for hydroxylation is 1. The zero-order valence-corrected chi connectivity index (χ0v) is 9.87. The van der Waals surface area contributed by atoms with Crippen LogP contribution in [-0.4, -0.2) is 24.7 Å². The van der Waals surface area contributed by atoms with E-state index in [1.807, 2.05) is 29.7 Å². The predicted molar refractivity (Wildman–Crippen MR) is 63.5 cm³/mol. The van der Waals surface area contributed by atoms with Crippen molar-refractivity contribution in [3.8, 4) is 11.5 Å². The van der Waals surface area contributed by atoms with Crippen LogP contribution in [0.25, 0.3) is 17.1 Å². The molecule has 3 heterocycles. The zero-order valence-electron chi connectivity index (χ0n) is 9.87. The molecule has 0 aliphatic carbocycles. The van der Waals surface area contributed by atoms with E-state index in [0.717, 1.165) is 17.8 Å². The van der Waals surface area contributed by atoms with Gasteiger partial charge in [0.15, 0.2) is 17.3 Å². The van der Waals surface area contributed by atoms with E-state index in [4.69, 9.17) is 10.3 Å². The first kappa shape index (κ1) is 10.8. The van der Waals surface area contributed by atoms with Crippen molar-refractivity contribution in [1.82, 2.24) is 24.7 Å². The summed E-state index contributed by atoms with van der Waals surface area (Å²) >= 11 is 0. The average Bonchev–Trinajstić information content (AvgIpc) is 3.04. The monoisotopic (exact) mass is 244 g/mol. The van der Waals surface area contributed by atoms with Crippen molar-refractivity contribution >= 4 is 5.65 Å². The lowest BCUT2D eigenvalue weighted by Gasteiger charge is -1.97. The van der Waals surface area contributed by atoms with Crippen molar-refractivity contribution in [2.24, 2.45) is 5.73 Å². The van der Waals surface area contributed by atoms with Gasteiger partial charge >= 0.3 is 0 Å². The summed E-state index contributed by atoms with van der Waals surface area (Å²) in [6, 6.07) is 3.72.